The first kappa shape index (κ1) is 25.7. The molecule has 3 aromatic rings. The van der Waals surface area contributed by atoms with Crippen molar-refractivity contribution in [2.24, 2.45) is 11.8 Å². The maximum Gasteiger partial charge on any atom is 0.524 e. The van der Waals surface area contributed by atoms with Crippen molar-refractivity contribution in [2.45, 2.75) is 62.4 Å². The Hall–Kier alpha value is -1.94. The average molecular weight is 553 g/mol. The molecule has 0 aliphatic heterocycles. The highest BCUT2D eigenvalue weighted by Crippen LogP contribution is 2.70. The lowest BCUT2D eigenvalue weighted by Crippen LogP contribution is -2.33. The van der Waals surface area contributed by atoms with Crippen LogP contribution < -0.4 is 0 Å². The van der Waals surface area contributed by atoms with Gasteiger partial charge in [-0.1, -0.05) is 49.2 Å². The van der Waals surface area contributed by atoms with Crippen LogP contribution in [0.25, 0.3) is 0 Å². The molecule has 0 radical (unpaired) electrons. The number of alkyl halides is 3. The fourth-order valence-corrected chi connectivity index (χ4v) is 11.5. The van der Waals surface area contributed by atoms with Crippen LogP contribution in [0.1, 0.15) is 32.1 Å². The molecule has 0 spiro atoms. The van der Waals surface area contributed by atoms with Gasteiger partial charge in [-0.25, -0.2) is 0 Å². The molecule has 3 saturated carbocycles. The normalized spacial score (nSPS) is 22.9. The van der Waals surface area contributed by atoms with Crippen LogP contribution in [-0.4, -0.2) is 19.2 Å². The van der Waals surface area contributed by atoms with Crippen LogP contribution >= 0.6 is 22.1 Å². The van der Waals surface area contributed by atoms with E-state index in [1.54, 1.807) is 72.8 Å². The van der Waals surface area contributed by atoms with Crippen LogP contribution in [0, 0.1) is 11.8 Å². The molecule has 3 fully saturated rings. The number of thioether (sulfide) groups is 1. The van der Waals surface area contributed by atoms with Gasteiger partial charge < -0.3 is 0 Å². The lowest BCUT2D eigenvalue weighted by molar-refractivity contribution is -0.0496. The first-order valence-electron chi connectivity index (χ1n) is 11.9. The second kappa shape index (κ2) is 10.1. The predicted octanol–water partition coefficient (Wildman–Crippen LogP) is 8.42. The second-order valence-electron chi connectivity index (χ2n) is 9.29. The van der Waals surface area contributed by atoms with Crippen molar-refractivity contribution in [1.29, 1.82) is 0 Å². The van der Waals surface area contributed by atoms with Crippen LogP contribution in [0.15, 0.2) is 105 Å². The number of halogens is 3. The maximum atomic E-state index is 13.6. The monoisotopic (exact) mass is 552 g/mol. The molecule has 6 rings (SSSR count). The van der Waals surface area contributed by atoms with Crippen LogP contribution in [0.4, 0.5) is 13.2 Å². The van der Waals surface area contributed by atoms with E-state index in [1.807, 2.05) is 23.9 Å². The van der Waals surface area contributed by atoms with Crippen LogP contribution in [0.5, 0.6) is 0 Å². The number of fused-ring (bicyclic) bond motifs is 3. The molecule has 3 aliphatic carbocycles. The van der Waals surface area contributed by atoms with Crippen molar-refractivity contribution < 1.29 is 25.2 Å². The zero-order valence-corrected chi connectivity index (χ0v) is 21.9. The molecule has 36 heavy (non-hydrogen) atoms. The number of hydrogen-bond donors (Lipinski definition) is 0. The molecule has 0 saturated heterocycles. The predicted molar refractivity (Wildman–Crippen MR) is 137 cm³/mol. The van der Waals surface area contributed by atoms with Gasteiger partial charge in [-0.05, 0) is 89.9 Å². The van der Waals surface area contributed by atoms with Gasteiger partial charge in [0.25, 0.3) is 0 Å². The van der Waals surface area contributed by atoms with Crippen molar-refractivity contribution in [1.82, 2.24) is 0 Å². The van der Waals surface area contributed by atoms with Gasteiger partial charge in [-0.2, -0.15) is 25.2 Å². The molecular formula is C27H27F3O3S3. The zero-order valence-electron chi connectivity index (χ0n) is 19.4. The quantitative estimate of drug-likeness (QED) is 0.276. The molecule has 3 aliphatic rings. The van der Waals surface area contributed by atoms with Crippen molar-refractivity contribution in [3.8, 4) is 0 Å². The molecule has 3 nitrogen and oxygen atoms in total. The molecule has 0 heterocycles. The SMILES string of the molecule is O=S(=O)(OS(c1ccccc1)(c1ccccc1)c1ccc(SC2CC3CCC2CC3)cc1)C(F)(F)F. The summed E-state index contributed by atoms with van der Waals surface area (Å²) in [6, 6.07) is 23.9. The van der Waals surface area contributed by atoms with Gasteiger partial charge in [0.1, 0.15) is 0 Å². The van der Waals surface area contributed by atoms with E-state index in [4.69, 9.17) is 3.63 Å². The minimum Gasteiger partial charge on any atom is -0.200 e. The Balaban J connectivity index is 1.59. The first-order valence-corrected chi connectivity index (χ1v) is 15.8. The summed E-state index contributed by atoms with van der Waals surface area (Å²) < 4.78 is 71.0. The third-order valence-electron chi connectivity index (χ3n) is 7.05. The second-order valence-corrected chi connectivity index (χ2v) is 15.0. The number of benzene rings is 3. The average Bonchev–Trinajstić information content (AvgIpc) is 2.89. The molecule has 192 valence electrons. The Morgan fingerprint density at radius 3 is 1.67 bits per heavy atom. The maximum absolute atomic E-state index is 13.6. The van der Waals surface area contributed by atoms with E-state index in [9.17, 15) is 21.6 Å². The topological polar surface area (TPSA) is 43.4 Å². The third kappa shape index (κ3) is 4.95. The highest BCUT2D eigenvalue weighted by Gasteiger charge is 2.52. The summed E-state index contributed by atoms with van der Waals surface area (Å²) in [7, 11) is -9.16. The standard InChI is InChI=1S/C27H27F3O3S3/c28-27(29,30)36(31,32)33-35(23-7-3-1-4-8-23,24-9-5-2-6-10-24)25-17-15-22(16-18-25)34-26-19-20-11-13-21(26)14-12-20/h1-10,15-18,20-21,26H,11-14,19H2. The van der Waals surface area contributed by atoms with Crippen molar-refractivity contribution in [3.63, 3.8) is 0 Å². The van der Waals surface area contributed by atoms with E-state index >= 15 is 0 Å². The number of rotatable bonds is 7. The summed E-state index contributed by atoms with van der Waals surface area (Å²) in [6.07, 6.45) is 6.35. The van der Waals surface area contributed by atoms with Crippen LogP contribution in [0.2, 0.25) is 0 Å². The minimum atomic E-state index is -5.91. The summed E-state index contributed by atoms with van der Waals surface area (Å²) in [5, 5.41) is 0.547. The van der Waals surface area contributed by atoms with Gasteiger partial charge in [0.2, 0.25) is 0 Å². The smallest absolute Gasteiger partial charge is 0.200 e. The lowest BCUT2D eigenvalue weighted by Gasteiger charge is -2.42. The minimum absolute atomic E-state index is 0.369. The van der Waals surface area contributed by atoms with Gasteiger partial charge in [0, 0.05) is 24.8 Å². The van der Waals surface area contributed by atoms with Gasteiger partial charge in [0.05, 0.1) is 0 Å². The summed E-state index contributed by atoms with van der Waals surface area (Å²) in [4.78, 5) is 2.16. The van der Waals surface area contributed by atoms with E-state index in [-0.39, 0.29) is 0 Å². The molecule has 1 atom stereocenters. The third-order valence-corrected chi connectivity index (χ3v) is 13.4. The Kier molecular flexibility index (Phi) is 7.20. The molecular weight excluding hydrogens is 525 g/mol. The molecule has 2 bridgehead atoms. The Morgan fingerprint density at radius 2 is 1.22 bits per heavy atom. The number of hydrogen-bond acceptors (Lipinski definition) is 4. The highest BCUT2D eigenvalue weighted by atomic mass is 32.3. The lowest BCUT2D eigenvalue weighted by atomic mass is 9.70. The van der Waals surface area contributed by atoms with Gasteiger partial charge in [0.15, 0.2) is 0 Å². The van der Waals surface area contributed by atoms with E-state index in [1.165, 1.54) is 32.1 Å². The Bertz CT molecular complexity index is 1230. The van der Waals surface area contributed by atoms with Gasteiger partial charge in [-0.3, -0.25) is 0 Å². The fraction of sp³-hybridized carbons (Fsp3) is 0.333. The zero-order chi connectivity index (χ0) is 25.4. The van der Waals surface area contributed by atoms with Gasteiger partial charge in [-0.15, -0.1) is 11.8 Å². The first-order chi connectivity index (χ1) is 17.2. The van der Waals surface area contributed by atoms with E-state index in [0.717, 1.165) is 10.8 Å². The summed E-state index contributed by atoms with van der Waals surface area (Å²) in [6.45, 7) is 0. The van der Waals surface area contributed by atoms with Gasteiger partial charge >= 0.3 is 15.6 Å². The Morgan fingerprint density at radius 1 is 0.722 bits per heavy atom. The molecule has 3 aromatic carbocycles. The van der Waals surface area contributed by atoms with Crippen molar-refractivity contribution in [3.05, 3.63) is 84.9 Å². The Labute approximate surface area is 216 Å². The molecule has 9 heteroatoms. The largest absolute Gasteiger partial charge is 0.524 e. The summed E-state index contributed by atoms with van der Waals surface area (Å²) in [5.41, 5.74) is -5.55. The highest BCUT2D eigenvalue weighted by molar-refractivity contribution is 8.33. The molecule has 0 amide bonds. The van der Waals surface area contributed by atoms with Crippen molar-refractivity contribution >= 4 is 32.2 Å². The van der Waals surface area contributed by atoms with Crippen molar-refractivity contribution in [2.75, 3.05) is 0 Å². The fourth-order valence-electron chi connectivity index (χ4n) is 5.27. The molecule has 1 unspecified atom stereocenters. The summed E-state index contributed by atoms with van der Waals surface area (Å²) in [5.74, 6) is 1.50. The van der Waals surface area contributed by atoms with Crippen LogP contribution in [0.3, 0.4) is 0 Å². The van der Waals surface area contributed by atoms with Crippen LogP contribution in [-0.2, 0) is 13.7 Å². The summed E-state index contributed by atoms with van der Waals surface area (Å²) >= 11 is 1.83. The molecule has 0 N–H and O–H groups in total. The van der Waals surface area contributed by atoms with E-state index < -0.39 is 25.9 Å². The van der Waals surface area contributed by atoms with E-state index in [2.05, 4.69) is 0 Å². The molecule has 0 aromatic heterocycles. The van der Waals surface area contributed by atoms with E-state index in [0.29, 0.717) is 25.9 Å².